The molecule has 5 nitrogen and oxygen atoms in total. The molecule has 1 aromatic carbocycles. The fraction of sp³-hybridized carbons (Fsp3) is 0.294. The van der Waals surface area contributed by atoms with Crippen LogP contribution >= 0.6 is 11.3 Å². The molecule has 118 valence electrons. The molecule has 1 aliphatic rings. The van der Waals surface area contributed by atoms with E-state index in [4.69, 9.17) is 0 Å². The molecule has 1 aliphatic heterocycles. The molecule has 2 aromatic rings. The van der Waals surface area contributed by atoms with Crippen LogP contribution in [0.3, 0.4) is 0 Å². The van der Waals surface area contributed by atoms with Crippen molar-refractivity contribution in [3.63, 3.8) is 0 Å². The highest BCUT2D eigenvalue weighted by Crippen LogP contribution is 2.25. The van der Waals surface area contributed by atoms with Crippen molar-refractivity contribution in [3.05, 3.63) is 52.7 Å². The molecule has 0 spiro atoms. The summed E-state index contributed by atoms with van der Waals surface area (Å²) in [5.41, 5.74) is 0.799. The first-order valence-electron chi connectivity index (χ1n) is 7.56. The van der Waals surface area contributed by atoms with E-state index in [0.717, 1.165) is 10.6 Å². The summed E-state index contributed by atoms with van der Waals surface area (Å²) in [6.45, 7) is 2.67. The number of hydrogen-bond donors (Lipinski definition) is 1. The molecule has 1 aromatic heterocycles. The maximum Gasteiger partial charge on any atom is 0.321 e. The number of carbonyl (C=O) groups is 1. The number of piperazine rings is 1. The summed E-state index contributed by atoms with van der Waals surface area (Å²) in [7, 11) is 0. The van der Waals surface area contributed by atoms with Crippen LogP contribution in [0.1, 0.15) is 10.9 Å². The van der Waals surface area contributed by atoms with Crippen LogP contribution in [-0.2, 0) is 0 Å². The minimum atomic E-state index is -0.214. The second-order valence-corrected chi connectivity index (χ2v) is 6.35. The molecule has 23 heavy (non-hydrogen) atoms. The van der Waals surface area contributed by atoms with Gasteiger partial charge >= 0.3 is 6.03 Å². The average molecular weight is 326 g/mol. The zero-order valence-electron chi connectivity index (χ0n) is 12.7. The number of anilines is 1. The van der Waals surface area contributed by atoms with Crippen molar-refractivity contribution in [1.29, 1.82) is 5.26 Å². The van der Waals surface area contributed by atoms with Gasteiger partial charge in [-0.05, 0) is 23.6 Å². The number of nitrogens with zero attached hydrogens (tertiary/aromatic N) is 3. The Balaban J connectivity index is 1.56. The first kappa shape index (κ1) is 15.5. The third-order valence-corrected chi connectivity index (χ3v) is 4.85. The van der Waals surface area contributed by atoms with Gasteiger partial charge in [0, 0.05) is 36.7 Å². The summed E-state index contributed by atoms with van der Waals surface area (Å²) < 4.78 is 0. The maximum absolute atomic E-state index is 12.3. The van der Waals surface area contributed by atoms with E-state index in [1.165, 1.54) is 0 Å². The SMILES string of the molecule is N#CC(c1cccs1)N1CCN(C(=O)Nc2ccccc2)CC1. The van der Waals surface area contributed by atoms with E-state index in [2.05, 4.69) is 16.3 Å². The lowest BCUT2D eigenvalue weighted by Gasteiger charge is -2.36. The molecule has 0 aliphatic carbocycles. The van der Waals surface area contributed by atoms with Crippen LogP contribution in [0.2, 0.25) is 0 Å². The van der Waals surface area contributed by atoms with Crippen molar-refractivity contribution in [2.75, 3.05) is 31.5 Å². The summed E-state index contributed by atoms with van der Waals surface area (Å²) in [5.74, 6) is 0. The van der Waals surface area contributed by atoms with Gasteiger partial charge in [0.1, 0.15) is 6.04 Å². The Bertz CT molecular complexity index is 672. The lowest BCUT2D eigenvalue weighted by atomic mass is 10.2. The molecule has 0 radical (unpaired) electrons. The van der Waals surface area contributed by atoms with E-state index in [1.54, 1.807) is 16.2 Å². The number of nitriles is 1. The molecule has 2 amide bonds. The monoisotopic (exact) mass is 326 g/mol. The Labute approximate surface area is 139 Å². The predicted molar refractivity (Wildman–Crippen MR) is 91.3 cm³/mol. The molecule has 6 heteroatoms. The number of nitrogens with one attached hydrogen (secondary N) is 1. The molecule has 0 bridgehead atoms. The minimum absolute atomic E-state index is 0.0829. The first-order valence-corrected chi connectivity index (χ1v) is 8.44. The normalized spacial score (nSPS) is 16.6. The van der Waals surface area contributed by atoms with Gasteiger partial charge in [0.2, 0.25) is 0 Å². The molecule has 1 unspecified atom stereocenters. The van der Waals surface area contributed by atoms with Gasteiger partial charge < -0.3 is 10.2 Å². The van der Waals surface area contributed by atoms with E-state index in [0.29, 0.717) is 26.2 Å². The number of rotatable bonds is 3. The van der Waals surface area contributed by atoms with Gasteiger partial charge in [0.05, 0.1) is 6.07 Å². The first-order chi connectivity index (χ1) is 11.3. The Hall–Kier alpha value is -2.36. The molecule has 3 rings (SSSR count). The summed E-state index contributed by atoms with van der Waals surface area (Å²) >= 11 is 1.60. The van der Waals surface area contributed by atoms with E-state index >= 15 is 0 Å². The van der Waals surface area contributed by atoms with Crippen molar-refractivity contribution < 1.29 is 4.79 Å². The van der Waals surface area contributed by atoms with Crippen LogP contribution in [0, 0.1) is 11.3 Å². The van der Waals surface area contributed by atoms with Crippen LogP contribution in [-0.4, -0.2) is 42.0 Å². The number of amides is 2. The van der Waals surface area contributed by atoms with E-state index < -0.39 is 0 Å². The van der Waals surface area contributed by atoms with Crippen molar-refractivity contribution in [2.24, 2.45) is 0 Å². The minimum Gasteiger partial charge on any atom is -0.322 e. The number of thiophene rings is 1. The zero-order valence-corrected chi connectivity index (χ0v) is 13.5. The molecular weight excluding hydrogens is 308 g/mol. The van der Waals surface area contributed by atoms with Gasteiger partial charge in [-0.15, -0.1) is 11.3 Å². The molecule has 0 saturated carbocycles. The van der Waals surface area contributed by atoms with Crippen molar-refractivity contribution >= 4 is 23.1 Å². The lowest BCUT2D eigenvalue weighted by Crippen LogP contribution is -2.50. The average Bonchev–Trinajstić information content (AvgIpc) is 3.11. The standard InChI is InChI=1S/C17H18N4OS/c18-13-15(16-7-4-12-23-16)20-8-10-21(11-9-20)17(22)19-14-5-2-1-3-6-14/h1-7,12,15H,8-11H2,(H,19,22). The van der Waals surface area contributed by atoms with Gasteiger partial charge in [-0.3, -0.25) is 4.90 Å². The Morgan fingerprint density at radius 1 is 1.13 bits per heavy atom. The number of para-hydroxylation sites is 1. The molecule has 1 atom stereocenters. The van der Waals surface area contributed by atoms with E-state index in [9.17, 15) is 10.1 Å². The molecule has 1 N–H and O–H groups in total. The molecular formula is C17H18N4OS. The quantitative estimate of drug-likeness (QED) is 0.942. The Morgan fingerprint density at radius 2 is 1.87 bits per heavy atom. The van der Waals surface area contributed by atoms with Crippen molar-refractivity contribution in [1.82, 2.24) is 9.80 Å². The van der Waals surface area contributed by atoms with Gasteiger partial charge in [-0.2, -0.15) is 5.26 Å². The second kappa shape index (κ2) is 7.27. The highest BCUT2D eigenvalue weighted by atomic mass is 32.1. The van der Waals surface area contributed by atoms with Crippen LogP contribution in [0.15, 0.2) is 47.8 Å². The van der Waals surface area contributed by atoms with Crippen LogP contribution < -0.4 is 5.32 Å². The van der Waals surface area contributed by atoms with Crippen molar-refractivity contribution in [2.45, 2.75) is 6.04 Å². The topological polar surface area (TPSA) is 59.4 Å². The van der Waals surface area contributed by atoms with E-state index in [1.807, 2.05) is 47.8 Å². The van der Waals surface area contributed by atoms with Gasteiger partial charge in [-0.1, -0.05) is 24.3 Å². The highest BCUT2D eigenvalue weighted by Gasteiger charge is 2.27. The smallest absolute Gasteiger partial charge is 0.321 e. The third-order valence-electron chi connectivity index (χ3n) is 3.93. The fourth-order valence-electron chi connectivity index (χ4n) is 2.68. The largest absolute Gasteiger partial charge is 0.322 e. The number of carbonyl (C=O) groups excluding carboxylic acids is 1. The highest BCUT2D eigenvalue weighted by molar-refractivity contribution is 7.10. The van der Waals surface area contributed by atoms with E-state index in [-0.39, 0.29) is 12.1 Å². The van der Waals surface area contributed by atoms with Gasteiger partial charge in [0.15, 0.2) is 0 Å². The zero-order chi connectivity index (χ0) is 16.1. The Kier molecular flexibility index (Phi) is 4.91. The molecule has 2 heterocycles. The molecule has 1 saturated heterocycles. The van der Waals surface area contributed by atoms with Crippen LogP contribution in [0.4, 0.5) is 10.5 Å². The number of benzene rings is 1. The number of urea groups is 1. The van der Waals surface area contributed by atoms with Gasteiger partial charge in [0.25, 0.3) is 0 Å². The van der Waals surface area contributed by atoms with Crippen LogP contribution in [0.5, 0.6) is 0 Å². The van der Waals surface area contributed by atoms with Gasteiger partial charge in [-0.25, -0.2) is 4.79 Å². The van der Waals surface area contributed by atoms with Crippen LogP contribution in [0.25, 0.3) is 0 Å². The Morgan fingerprint density at radius 3 is 2.48 bits per heavy atom. The molecule has 1 fully saturated rings. The fourth-order valence-corrected chi connectivity index (χ4v) is 3.48. The summed E-state index contributed by atoms with van der Waals surface area (Å²) in [6, 6.07) is 15.5. The maximum atomic E-state index is 12.3. The number of hydrogen-bond acceptors (Lipinski definition) is 4. The second-order valence-electron chi connectivity index (χ2n) is 5.37. The summed E-state index contributed by atoms with van der Waals surface area (Å²) in [5, 5.41) is 14.3. The predicted octanol–water partition coefficient (Wildman–Crippen LogP) is 3.16. The van der Waals surface area contributed by atoms with Crippen molar-refractivity contribution in [3.8, 4) is 6.07 Å². The third kappa shape index (κ3) is 3.70. The summed E-state index contributed by atoms with van der Waals surface area (Å²) in [6.07, 6.45) is 0. The summed E-state index contributed by atoms with van der Waals surface area (Å²) in [4.78, 5) is 17.3. The lowest BCUT2D eigenvalue weighted by molar-refractivity contribution is 0.132.